The van der Waals surface area contributed by atoms with E-state index in [1.54, 1.807) is 24.3 Å². The van der Waals surface area contributed by atoms with Gasteiger partial charge in [0.15, 0.2) is 0 Å². The molecule has 1 aromatic rings. The SMILES string of the molecule is CC(C)CCCCNCc1ccc(OC(F)F)cc1. The van der Waals surface area contributed by atoms with Crippen LogP contribution in [0.4, 0.5) is 8.78 Å². The molecule has 0 radical (unpaired) electrons. The zero-order valence-corrected chi connectivity index (χ0v) is 11.7. The van der Waals surface area contributed by atoms with Crippen LogP contribution >= 0.6 is 0 Å². The normalized spacial score (nSPS) is 11.3. The van der Waals surface area contributed by atoms with Crippen molar-refractivity contribution in [1.29, 1.82) is 0 Å². The molecule has 0 fully saturated rings. The molecule has 108 valence electrons. The minimum absolute atomic E-state index is 0.204. The van der Waals surface area contributed by atoms with Crippen molar-refractivity contribution in [1.82, 2.24) is 5.32 Å². The van der Waals surface area contributed by atoms with Gasteiger partial charge in [-0.25, -0.2) is 0 Å². The molecule has 0 unspecified atom stereocenters. The molecule has 0 spiro atoms. The number of hydrogen-bond acceptors (Lipinski definition) is 2. The molecule has 2 nitrogen and oxygen atoms in total. The van der Waals surface area contributed by atoms with Crippen molar-refractivity contribution in [2.45, 2.75) is 46.3 Å². The van der Waals surface area contributed by atoms with Crippen molar-refractivity contribution in [3.63, 3.8) is 0 Å². The van der Waals surface area contributed by atoms with Gasteiger partial charge in [0.2, 0.25) is 0 Å². The smallest absolute Gasteiger partial charge is 0.387 e. The molecule has 1 aromatic carbocycles. The van der Waals surface area contributed by atoms with Gasteiger partial charge in [0, 0.05) is 6.54 Å². The number of nitrogens with one attached hydrogen (secondary N) is 1. The van der Waals surface area contributed by atoms with Crippen LogP contribution in [0, 0.1) is 5.92 Å². The fourth-order valence-electron chi connectivity index (χ4n) is 1.82. The van der Waals surface area contributed by atoms with Gasteiger partial charge in [0.1, 0.15) is 5.75 Å². The standard InChI is InChI=1S/C15H23F2NO/c1-12(2)5-3-4-10-18-11-13-6-8-14(9-7-13)19-15(16)17/h6-9,12,15,18H,3-5,10-11H2,1-2H3. The Morgan fingerprint density at radius 3 is 2.37 bits per heavy atom. The molecule has 19 heavy (non-hydrogen) atoms. The van der Waals surface area contributed by atoms with E-state index in [4.69, 9.17) is 0 Å². The van der Waals surface area contributed by atoms with Gasteiger partial charge in [-0.15, -0.1) is 0 Å². The first-order chi connectivity index (χ1) is 9.08. The summed E-state index contributed by atoms with van der Waals surface area (Å²) >= 11 is 0. The average Bonchev–Trinajstić information content (AvgIpc) is 2.34. The fraction of sp³-hybridized carbons (Fsp3) is 0.600. The van der Waals surface area contributed by atoms with Crippen LogP contribution in [0.5, 0.6) is 5.75 Å². The summed E-state index contributed by atoms with van der Waals surface area (Å²) in [6.45, 7) is 3.45. The van der Waals surface area contributed by atoms with E-state index in [1.807, 2.05) is 0 Å². The Balaban J connectivity index is 2.16. The third-order valence-corrected chi connectivity index (χ3v) is 2.86. The third-order valence-electron chi connectivity index (χ3n) is 2.86. The Bertz CT molecular complexity index is 339. The van der Waals surface area contributed by atoms with E-state index in [0.29, 0.717) is 0 Å². The van der Waals surface area contributed by atoms with E-state index in [-0.39, 0.29) is 5.75 Å². The summed E-state index contributed by atoms with van der Waals surface area (Å²) in [6, 6.07) is 6.75. The maximum atomic E-state index is 12.0. The first-order valence-electron chi connectivity index (χ1n) is 6.82. The second-order valence-electron chi connectivity index (χ2n) is 5.09. The summed E-state index contributed by atoms with van der Waals surface area (Å²) in [5.74, 6) is 0.970. The highest BCUT2D eigenvalue weighted by Crippen LogP contribution is 2.14. The Morgan fingerprint density at radius 2 is 1.79 bits per heavy atom. The van der Waals surface area contributed by atoms with Crippen molar-refractivity contribution in [2.75, 3.05) is 6.54 Å². The lowest BCUT2D eigenvalue weighted by molar-refractivity contribution is -0.0498. The van der Waals surface area contributed by atoms with E-state index in [2.05, 4.69) is 23.9 Å². The largest absolute Gasteiger partial charge is 0.435 e. The molecule has 0 aliphatic rings. The fourth-order valence-corrected chi connectivity index (χ4v) is 1.82. The quantitative estimate of drug-likeness (QED) is 0.679. The van der Waals surface area contributed by atoms with Gasteiger partial charge >= 0.3 is 6.61 Å². The van der Waals surface area contributed by atoms with Crippen LogP contribution in [0.2, 0.25) is 0 Å². The molecule has 0 amide bonds. The highest BCUT2D eigenvalue weighted by atomic mass is 19.3. The average molecular weight is 271 g/mol. The first kappa shape index (κ1) is 15.9. The summed E-state index contributed by atoms with van der Waals surface area (Å²) in [5.41, 5.74) is 1.07. The van der Waals surface area contributed by atoms with Crippen LogP contribution in [0.25, 0.3) is 0 Å². The molecule has 0 atom stereocenters. The lowest BCUT2D eigenvalue weighted by Crippen LogP contribution is -2.14. The van der Waals surface area contributed by atoms with Crippen LogP contribution in [0.1, 0.15) is 38.7 Å². The van der Waals surface area contributed by atoms with Gasteiger partial charge < -0.3 is 10.1 Å². The molecule has 0 aromatic heterocycles. The van der Waals surface area contributed by atoms with Crippen LogP contribution in [0.3, 0.4) is 0 Å². The van der Waals surface area contributed by atoms with Crippen molar-refractivity contribution < 1.29 is 13.5 Å². The number of unbranched alkanes of at least 4 members (excludes halogenated alkanes) is 1. The Labute approximate surface area is 114 Å². The van der Waals surface area contributed by atoms with E-state index >= 15 is 0 Å². The summed E-state index contributed by atoms with van der Waals surface area (Å²) in [5, 5.41) is 3.35. The summed E-state index contributed by atoms with van der Waals surface area (Å²) in [7, 11) is 0. The zero-order valence-electron chi connectivity index (χ0n) is 11.7. The molecule has 0 aliphatic carbocycles. The predicted molar refractivity (Wildman–Crippen MR) is 73.5 cm³/mol. The number of benzene rings is 1. The number of hydrogen-bond donors (Lipinski definition) is 1. The van der Waals surface area contributed by atoms with Crippen LogP contribution in [-0.4, -0.2) is 13.2 Å². The molecule has 0 aliphatic heterocycles. The Kier molecular flexibility index (Phi) is 7.41. The Morgan fingerprint density at radius 1 is 1.11 bits per heavy atom. The third kappa shape index (κ3) is 7.78. The molecule has 0 saturated heterocycles. The summed E-state index contributed by atoms with van der Waals surface area (Å²) < 4.78 is 28.2. The predicted octanol–water partition coefficient (Wildman–Crippen LogP) is 4.20. The maximum Gasteiger partial charge on any atom is 0.387 e. The summed E-state index contributed by atoms with van der Waals surface area (Å²) in [4.78, 5) is 0. The number of halogens is 2. The number of alkyl halides is 2. The molecule has 0 saturated carbocycles. The van der Waals surface area contributed by atoms with E-state index in [1.165, 1.54) is 19.3 Å². The van der Waals surface area contributed by atoms with Gasteiger partial charge in [-0.2, -0.15) is 8.78 Å². The highest BCUT2D eigenvalue weighted by Gasteiger charge is 2.03. The lowest BCUT2D eigenvalue weighted by Gasteiger charge is -2.08. The van der Waals surface area contributed by atoms with Gasteiger partial charge in [-0.05, 0) is 36.6 Å². The summed E-state index contributed by atoms with van der Waals surface area (Å²) in [6.07, 6.45) is 3.68. The van der Waals surface area contributed by atoms with Crippen LogP contribution in [0.15, 0.2) is 24.3 Å². The monoisotopic (exact) mass is 271 g/mol. The van der Waals surface area contributed by atoms with Crippen molar-refractivity contribution in [2.24, 2.45) is 5.92 Å². The minimum Gasteiger partial charge on any atom is -0.435 e. The molecule has 4 heteroatoms. The topological polar surface area (TPSA) is 21.3 Å². The van der Waals surface area contributed by atoms with Crippen molar-refractivity contribution >= 4 is 0 Å². The molecular weight excluding hydrogens is 248 g/mol. The second-order valence-corrected chi connectivity index (χ2v) is 5.09. The van der Waals surface area contributed by atoms with Gasteiger partial charge in [-0.1, -0.05) is 38.8 Å². The van der Waals surface area contributed by atoms with Crippen molar-refractivity contribution in [3.8, 4) is 5.75 Å². The van der Waals surface area contributed by atoms with Gasteiger partial charge in [0.05, 0.1) is 0 Å². The van der Waals surface area contributed by atoms with Crippen LogP contribution < -0.4 is 10.1 Å². The molecule has 0 heterocycles. The molecule has 0 bridgehead atoms. The van der Waals surface area contributed by atoms with Gasteiger partial charge in [0.25, 0.3) is 0 Å². The number of ether oxygens (including phenoxy) is 1. The van der Waals surface area contributed by atoms with Gasteiger partial charge in [-0.3, -0.25) is 0 Å². The number of rotatable bonds is 9. The Hall–Kier alpha value is -1.16. The van der Waals surface area contributed by atoms with E-state index in [9.17, 15) is 8.78 Å². The van der Waals surface area contributed by atoms with Crippen LogP contribution in [-0.2, 0) is 6.54 Å². The maximum absolute atomic E-state index is 12.0. The molecular formula is C15H23F2NO. The van der Waals surface area contributed by atoms with E-state index in [0.717, 1.165) is 24.6 Å². The highest BCUT2D eigenvalue weighted by molar-refractivity contribution is 5.27. The first-order valence-corrected chi connectivity index (χ1v) is 6.82. The lowest BCUT2D eigenvalue weighted by atomic mass is 10.1. The molecule has 1 rings (SSSR count). The second kappa shape index (κ2) is 8.86. The van der Waals surface area contributed by atoms with E-state index < -0.39 is 6.61 Å². The minimum atomic E-state index is -2.76. The molecule has 1 N–H and O–H groups in total. The van der Waals surface area contributed by atoms with Crippen molar-refractivity contribution in [3.05, 3.63) is 29.8 Å². The zero-order chi connectivity index (χ0) is 14.1.